The summed E-state index contributed by atoms with van der Waals surface area (Å²) in [7, 11) is 0. The Kier molecular flexibility index (Phi) is 5.03. The predicted octanol–water partition coefficient (Wildman–Crippen LogP) is 1.91. The first-order chi connectivity index (χ1) is 10.6. The van der Waals surface area contributed by atoms with Gasteiger partial charge in [-0.25, -0.2) is 4.79 Å². The number of carbonyl (C=O) groups excluding carboxylic acids is 1. The summed E-state index contributed by atoms with van der Waals surface area (Å²) in [5, 5.41) is 11.8. The molecule has 0 bridgehead atoms. The van der Waals surface area contributed by atoms with Crippen LogP contribution in [-0.2, 0) is 16.0 Å². The molecule has 0 fully saturated rings. The molecule has 1 unspecified atom stereocenters. The van der Waals surface area contributed by atoms with Crippen LogP contribution in [0.15, 0.2) is 61.4 Å². The van der Waals surface area contributed by atoms with Gasteiger partial charge < -0.3 is 10.4 Å². The molecule has 0 radical (unpaired) electrons. The highest BCUT2D eigenvalue weighted by molar-refractivity contribution is 6.19. The monoisotopic (exact) mass is 296 g/mol. The van der Waals surface area contributed by atoms with Gasteiger partial charge in [0.1, 0.15) is 6.04 Å². The Morgan fingerprint density at radius 1 is 1.14 bits per heavy atom. The molecule has 0 saturated carbocycles. The van der Waals surface area contributed by atoms with Crippen LogP contribution in [0.2, 0.25) is 0 Å². The van der Waals surface area contributed by atoms with Crippen LogP contribution < -0.4 is 5.32 Å². The van der Waals surface area contributed by atoms with Gasteiger partial charge in [0, 0.05) is 24.4 Å². The lowest BCUT2D eigenvalue weighted by molar-refractivity contribution is -0.141. The summed E-state index contributed by atoms with van der Waals surface area (Å²) in [6.07, 6.45) is 3.35. The van der Waals surface area contributed by atoms with Crippen molar-refractivity contribution in [3.8, 4) is 0 Å². The predicted molar refractivity (Wildman–Crippen MR) is 83.0 cm³/mol. The number of aliphatic carboxylic acids is 1. The molecular weight excluding hydrogens is 280 g/mol. The number of pyridine rings is 1. The van der Waals surface area contributed by atoms with Gasteiger partial charge in [0.05, 0.1) is 0 Å². The van der Waals surface area contributed by atoms with Crippen molar-refractivity contribution in [1.82, 2.24) is 10.3 Å². The number of carboxylic acid groups (broad SMARTS) is 1. The van der Waals surface area contributed by atoms with E-state index in [1.807, 2.05) is 6.07 Å². The van der Waals surface area contributed by atoms with E-state index in [4.69, 9.17) is 0 Å². The number of carboxylic acids is 1. The molecule has 2 rings (SSSR count). The van der Waals surface area contributed by atoms with Gasteiger partial charge in [0.15, 0.2) is 0 Å². The molecule has 22 heavy (non-hydrogen) atoms. The van der Waals surface area contributed by atoms with Crippen LogP contribution in [0.4, 0.5) is 0 Å². The second kappa shape index (κ2) is 7.17. The normalized spacial score (nSPS) is 11.5. The van der Waals surface area contributed by atoms with Crippen molar-refractivity contribution in [1.29, 1.82) is 0 Å². The Labute approximate surface area is 128 Å². The molecular formula is C17H16N2O3. The summed E-state index contributed by atoms with van der Waals surface area (Å²) in [4.78, 5) is 27.4. The Morgan fingerprint density at radius 3 is 2.36 bits per heavy atom. The molecule has 0 aliphatic heterocycles. The van der Waals surface area contributed by atoms with E-state index < -0.39 is 17.9 Å². The van der Waals surface area contributed by atoms with Crippen LogP contribution in [0.25, 0.3) is 5.57 Å². The first-order valence-corrected chi connectivity index (χ1v) is 6.75. The zero-order valence-corrected chi connectivity index (χ0v) is 11.9. The number of aromatic nitrogens is 1. The SMILES string of the molecule is C=C(C(=O)NC(Cc1ccncc1)C(=O)O)c1ccccc1. The van der Waals surface area contributed by atoms with E-state index in [1.165, 1.54) is 0 Å². The molecule has 5 nitrogen and oxygen atoms in total. The maximum Gasteiger partial charge on any atom is 0.326 e. The maximum absolute atomic E-state index is 12.2. The molecule has 2 N–H and O–H groups in total. The second-order valence-electron chi connectivity index (χ2n) is 4.77. The minimum Gasteiger partial charge on any atom is -0.480 e. The van der Waals surface area contributed by atoms with E-state index in [0.29, 0.717) is 5.56 Å². The molecule has 1 heterocycles. The molecule has 1 aromatic heterocycles. The van der Waals surface area contributed by atoms with Crippen molar-refractivity contribution < 1.29 is 14.7 Å². The summed E-state index contributed by atoms with van der Waals surface area (Å²) in [5.41, 5.74) is 1.68. The second-order valence-corrected chi connectivity index (χ2v) is 4.77. The van der Waals surface area contributed by atoms with Crippen molar-refractivity contribution >= 4 is 17.4 Å². The number of benzene rings is 1. The van der Waals surface area contributed by atoms with Crippen LogP contribution in [0.1, 0.15) is 11.1 Å². The van der Waals surface area contributed by atoms with Crippen LogP contribution >= 0.6 is 0 Å². The Bertz CT molecular complexity index is 669. The van der Waals surface area contributed by atoms with E-state index in [2.05, 4.69) is 16.9 Å². The van der Waals surface area contributed by atoms with E-state index in [9.17, 15) is 14.7 Å². The Hall–Kier alpha value is -2.95. The summed E-state index contributed by atoms with van der Waals surface area (Å²) in [5.74, 6) is -1.58. The molecule has 1 atom stereocenters. The van der Waals surface area contributed by atoms with Crippen molar-refractivity contribution in [2.45, 2.75) is 12.5 Å². The average molecular weight is 296 g/mol. The molecule has 0 saturated heterocycles. The third kappa shape index (κ3) is 4.02. The zero-order chi connectivity index (χ0) is 15.9. The molecule has 0 aliphatic rings. The van der Waals surface area contributed by atoms with Gasteiger partial charge in [-0.15, -0.1) is 0 Å². The lowest BCUT2D eigenvalue weighted by Crippen LogP contribution is -2.42. The number of carbonyl (C=O) groups is 2. The summed E-state index contributed by atoms with van der Waals surface area (Å²) in [6, 6.07) is 11.3. The first kappa shape index (κ1) is 15.4. The largest absolute Gasteiger partial charge is 0.480 e. The van der Waals surface area contributed by atoms with Crippen molar-refractivity contribution in [3.05, 3.63) is 72.6 Å². The molecule has 0 aliphatic carbocycles. The minimum absolute atomic E-state index is 0.186. The standard InChI is InChI=1S/C17H16N2O3/c1-12(14-5-3-2-4-6-14)16(20)19-15(17(21)22)11-13-7-9-18-10-8-13/h2-10,15H,1,11H2,(H,19,20)(H,21,22). The number of nitrogens with zero attached hydrogens (tertiary/aromatic N) is 1. The van der Waals surface area contributed by atoms with Gasteiger partial charge >= 0.3 is 5.97 Å². The topological polar surface area (TPSA) is 79.3 Å². The quantitative estimate of drug-likeness (QED) is 0.798. The number of hydrogen-bond acceptors (Lipinski definition) is 3. The van der Waals surface area contributed by atoms with Gasteiger partial charge in [0.25, 0.3) is 5.91 Å². The highest BCUT2D eigenvalue weighted by Gasteiger charge is 2.22. The van der Waals surface area contributed by atoms with Crippen molar-refractivity contribution in [2.75, 3.05) is 0 Å². The smallest absolute Gasteiger partial charge is 0.326 e. The van der Waals surface area contributed by atoms with Crippen LogP contribution in [-0.4, -0.2) is 28.0 Å². The molecule has 1 amide bonds. The summed E-state index contributed by atoms with van der Waals surface area (Å²) in [6.45, 7) is 3.73. The molecule has 112 valence electrons. The minimum atomic E-state index is -1.09. The molecule has 2 aromatic rings. The van der Waals surface area contributed by atoms with Crippen LogP contribution in [0, 0.1) is 0 Å². The van der Waals surface area contributed by atoms with E-state index >= 15 is 0 Å². The van der Waals surface area contributed by atoms with Crippen LogP contribution in [0.5, 0.6) is 0 Å². The summed E-state index contributed by atoms with van der Waals surface area (Å²) < 4.78 is 0. The zero-order valence-electron chi connectivity index (χ0n) is 11.9. The van der Waals surface area contributed by atoms with E-state index in [-0.39, 0.29) is 12.0 Å². The van der Waals surface area contributed by atoms with Gasteiger partial charge in [-0.05, 0) is 23.3 Å². The van der Waals surface area contributed by atoms with Gasteiger partial charge in [0.2, 0.25) is 0 Å². The molecule has 5 heteroatoms. The first-order valence-electron chi connectivity index (χ1n) is 6.75. The lowest BCUT2D eigenvalue weighted by Gasteiger charge is -2.15. The fourth-order valence-electron chi connectivity index (χ4n) is 1.97. The number of rotatable bonds is 6. The number of nitrogens with one attached hydrogen (secondary N) is 1. The highest BCUT2D eigenvalue weighted by Crippen LogP contribution is 2.12. The highest BCUT2D eigenvalue weighted by atomic mass is 16.4. The van der Waals surface area contributed by atoms with E-state index in [0.717, 1.165) is 5.56 Å². The molecule has 0 spiro atoms. The Morgan fingerprint density at radius 2 is 1.77 bits per heavy atom. The van der Waals surface area contributed by atoms with Gasteiger partial charge in [-0.3, -0.25) is 9.78 Å². The average Bonchev–Trinajstić information content (AvgIpc) is 2.55. The molecule has 1 aromatic carbocycles. The fourth-order valence-corrected chi connectivity index (χ4v) is 1.97. The lowest BCUT2D eigenvalue weighted by atomic mass is 10.0. The number of hydrogen-bond donors (Lipinski definition) is 2. The van der Waals surface area contributed by atoms with Crippen molar-refractivity contribution in [2.24, 2.45) is 0 Å². The van der Waals surface area contributed by atoms with Gasteiger partial charge in [-0.1, -0.05) is 36.9 Å². The fraction of sp³-hybridized carbons (Fsp3) is 0.118. The van der Waals surface area contributed by atoms with Gasteiger partial charge in [-0.2, -0.15) is 0 Å². The summed E-state index contributed by atoms with van der Waals surface area (Å²) >= 11 is 0. The third-order valence-corrected chi connectivity index (χ3v) is 3.19. The van der Waals surface area contributed by atoms with E-state index in [1.54, 1.807) is 48.8 Å². The maximum atomic E-state index is 12.2. The van der Waals surface area contributed by atoms with Crippen LogP contribution in [0.3, 0.4) is 0 Å². The Balaban J connectivity index is 2.06. The number of amides is 1. The van der Waals surface area contributed by atoms with Crippen molar-refractivity contribution in [3.63, 3.8) is 0 Å². The third-order valence-electron chi connectivity index (χ3n) is 3.19.